The Balaban J connectivity index is 2.64. The van der Waals surface area contributed by atoms with E-state index in [0.29, 0.717) is 5.56 Å². The van der Waals surface area contributed by atoms with Gasteiger partial charge in [-0.05, 0) is 5.56 Å². The molecule has 1 aromatic rings. The summed E-state index contributed by atoms with van der Waals surface area (Å²) in [6, 6.07) is 8.75. The van der Waals surface area contributed by atoms with Crippen LogP contribution in [0, 0.1) is 0 Å². The van der Waals surface area contributed by atoms with Crippen molar-refractivity contribution in [3.05, 3.63) is 52.4 Å². The van der Waals surface area contributed by atoms with Gasteiger partial charge in [-0.3, -0.25) is 9.59 Å². The summed E-state index contributed by atoms with van der Waals surface area (Å²) in [6.07, 6.45) is 0. The van der Waals surface area contributed by atoms with Crippen LogP contribution in [0.4, 0.5) is 0 Å². The molecule has 1 aliphatic carbocycles. The molecule has 19 heavy (non-hydrogen) atoms. The third-order valence-corrected chi connectivity index (χ3v) is 3.08. The van der Waals surface area contributed by atoms with Crippen LogP contribution in [0.25, 0.3) is 5.57 Å². The molecule has 0 fully saturated rings. The van der Waals surface area contributed by atoms with Crippen LogP contribution in [0.5, 0.6) is 0 Å². The van der Waals surface area contributed by atoms with Gasteiger partial charge in [-0.1, -0.05) is 41.9 Å². The summed E-state index contributed by atoms with van der Waals surface area (Å²) >= 11 is 5.89. The summed E-state index contributed by atoms with van der Waals surface area (Å²) in [5, 5.41) is -0.229. The van der Waals surface area contributed by atoms with Gasteiger partial charge in [0, 0.05) is 0 Å². The van der Waals surface area contributed by atoms with Crippen LogP contribution in [0.1, 0.15) is 5.56 Å². The zero-order chi connectivity index (χ0) is 14.0. The predicted octanol–water partition coefficient (Wildman–Crippen LogP) is 2.29. The second kappa shape index (κ2) is 5.28. The van der Waals surface area contributed by atoms with Crippen molar-refractivity contribution in [1.29, 1.82) is 0 Å². The predicted molar refractivity (Wildman–Crippen MR) is 70.3 cm³/mol. The highest BCUT2D eigenvalue weighted by atomic mass is 35.5. The van der Waals surface area contributed by atoms with E-state index in [9.17, 15) is 9.59 Å². The van der Waals surface area contributed by atoms with Crippen molar-refractivity contribution in [1.82, 2.24) is 0 Å². The third-order valence-electron chi connectivity index (χ3n) is 2.74. The van der Waals surface area contributed by atoms with Gasteiger partial charge in [-0.2, -0.15) is 0 Å². The van der Waals surface area contributed by atoms with E-state index < -0.39 is 11.6 Å². The summed E-state index contributed by atoms with van der Waals surface area (Å²) in [5.74, 6) is -1.27. The van der Waals surface area contributed by atoms with Crippen molar-refractivity contribution in [2.24, 2.45) is 0 Å². The maximum absolute atomic E-state index is 12.3. The second-order valence-electron chi connectivity index (χ2n) is 3.78. The molecule has 0 N–H and O–H groups in total. The highest BCUT2D eigenvalue weighted by Crippen LogP contribution is 2.33. The molecule has 0 aliphatic heterocycles. The van der Waals surface area contributed by atoms with Crippen LogP contribution < -0.4 is 0 Å². The Kier molecular flexibility index (Phi) is 3.71. The first-order valence-electron chi connectivity index (χ1n) is 5.48. The number of Topliss-reactive ketones (excluding diaryl/α,β-unsaturated/α-hetero) is 2. The fraction of sp³-hybridized carbons (Fsp3) is 0.143. The van der Waals surface area contributed by atoms with Crippen molar-refractivity contribution < 1.29 is 19.1 Å². The lowest BCUT2D eigenvalue weighted by Crippen LogP contribution is -2.23. The molecule has 0 saturated heterocycles. The molecule has 0 bridgehead atoms. The average Bonchev–Trinajstić information content (AvgIpc) is 2.44. The van der Waals surface area contributed by atoms with Gasteiger partial charge >= 0.3 is 0 Å². The van der Waals surface area contributed by atoms with E-state index in [1.807, 2.05) is 6.07 Å². The zero-order valence-electron chi connectivity index (χ0n) is 10.4. The monoisotopic (exact) mass is 278 g/mol. The Morgan fingerprint density at radius 2 is 1.47 bits per heavy atom. The standard InChI is InChI=1S/C14H11ClO4/c1-18-13-9(8-6-4-3-5-7-8)11(16)10(15)14(19-2)12(13)17/h3-7H,1-2H3. The average molecular weight is 279 g/mol. The van der Waals surface area contributed by atoms with E-state index in [0.717, 1.165) is 0 Å². The lowest BCUT2D eigenvalue weighted by atomic mass is 9.93. The summed E-state index contributed by atoms with van der Waals surface area (Å²) in [6.45, 7) is 0. The lowest BCUT2D eigenvalue weighted by Gasteiger charge is -2.19. The lowest BCUT2D eigenvalue weighted by molar-refractivity contribution is -0.120. The number of rotatable bonds is 3. The van der Waals surface area contributed by atoms with Gasteiger partial charge < -0.3 is 9.47 Å². The molecular formula is C14H11ClO4. The van der Waals surface area contributed by atoms with Crippen LogP contribution >= 0.6 is 11.6 Å². The first-order valence-corrected chi connectivity index (χ1v) is 5.86. The van der Waals surface area contributed by atoms with Crippen LogP contribution in [-0.2, 0) is 19.1 Å². The molecule has 0 spiro atoms. The van der Waals surface area contributed by atoms with E-state index in [4.69, 9.17) is 21.1 Å². The number of ketones is 2. The molecule has 98 valence electrons. The number of benzene rings is 1. The Morgan fingerprint density at radius 1 is 0.895 bits per heavy atom. The summed E-state index contributed by atoms with van der Waals surface area (Å²) in [4.78, 5) is 24.4. The molecule has 5 heteroatoms. The Labute approximate surface area is 115 Å². The molecule has 0 atom stereocenters. The van der Waals surface area contributed by atoms with Crippen molar-refractivity contribution in [3.8, 4) is 0 Å². The van der Waals surface area contributed by atoms with Gasteiger partial charge in [0.05, 0.1) is 19.8 Å². The Morgan fingerprint density at radius 3 is 2.00 bits per heavy atom. The minimum Gasteiger partial charge on any atom is -0.492 e. The topological polar surface area (TPSA) is 52.6 Å². The van der Waals surface area contributed by atoms with Gasteiger partial charge in [0.25, 0.3) is 5.78 Å². The first-order chi connectivity index (χ1) is 9.11. The number of hydrogen-bond acceptors (Lipinski definition) is 4. The Bertz CT molecular complexity index is 599. The van der Waals surface area contributed by atoms with Crippen LogP contribution in [0.2, 0.25) is 0 Å². The number of methoxy groups -OCH3 is 2. The van der Waals surface area contributed by atoms with E-state index in [1.54, 1.807) is 24.3 Å². The minimum absolute atomic E-state index is 0.0579. The largest absolute Gasteiger partial charge is 0.492 e. The SMILES string of the molecule is COC1=C(Cl)C(=O)C(c2ccccc2)=C(OC)C1=O. The number of hydrogen-bond donors (Lipinski definition) is 0. The molecule has 0 saturated carbocycles. The summed E-state index contributed by atoms with van der Waals surface area (Å²) in [7, 11) is 2.61. The number of ether oxygens (including phenoxy) is 2. The molecule has 0 amide bonds. The quantitative estimate of drug-likeness (QED) is 0.796. The number of carbonyl (C=O) groups is 2. The number of halogens is 1. The normalized spacial score (nSPS) is 15.9. The molecule has 2 rings (SSSR count). The second-order valence-corrected chi connectivity index (χ2v) is 4.16. The zero-order valence-corrected chi connectivity index (χ0v) is 11.2. The van der Waals surface area contributed by atoms with Crippen LogP contribution in [0.3, 0.4) is 0 Å². The first kappa shape index (κ1) is 13.4. The minimum atomic E-state index is -0.534. The van der Waals surface area contributed by atoms with Gasteiger partial charge in [0.15, 0.2) is 11.5 Å². The van der Waals surface area contributed by atoms with Crippen molar-refractivity contribution in [2.45, 2.75) is 0 Å². The number of allylic oxidation sites excluding steroid dienone is 2. The van der Waals surface area contributed by atoms with Crippen molar-refractivity contribution in [3.63, 3.8) is 0 Å². The fourth-order valence-corrected chi connectivity index (χ4v) is 2.13. The molecular weight excluding hydrogens is 268 g/mol. The Hall–Kier alpha value is -2.07. The van der Waals surface area contributed by atoms with E-state index in [2.05, 4.69) is 0 Å². The molecule has 0 radical (unpaired) electrons. The third kappa shape index (κ3) is 2.15. The molecule has 1 aliphatic rings. The smallest absolute Gasteiger partial charge is 0.264 e. The summed E-state index contributed by atoms with van der Waals surface area (Å²) < 4.78 is 9.92. The van der Waals surface area contributed by atoms with Gasteiger partial charge in [-0.25, -0.2) is 0 Å². The maximum Gasteiger partial charge on any atom is 0.264 e. The van der Waals surface area contributed by atoms with Crippen molar-refractivity contribution in [2.75, 3.05) is 14.2 Å². The fourth-order valence-electron chi connectivity index (χ4n) is 1.88. The van der Waals surface area contributed by atoms with Gasteiger partial charge in [0.2, 0.25) is 5.78 Å². The highest BCUT2D eigenvalue weighted by Gasteiger charge is 2.36. The van der Waals surface area contributed by atoms with Gasteiger partial charge in [0.1, 0.15) is 5.03 Å². The van der Waals surface area contributed by atoms with Crippen LogP contribution in [0.15, 0.2) is 46.9 Å². The maximum atomic E-state index is 12.3. The van der Waals surface area contributed by atoms with Gasteiger partial charge in [-0.15, -0.1) is 0 Å². The molecule has 0 aromatic heterocycles. The van der Waals surface area contributed by atoms with Crippen molar-refractivity contribution >= 4 is 28.7 Å². The van der Waals surface area contributed by atoms with Crippen LogP contribution in [-0.4, -0.2) is 25.8 Å². The summed E-state index contributed by atoms with van der Waals surface area (Å²) in [5.41, 5.74) is 0.727. The molecule has 0 unspecified atom stereocenters. The molecule has 0 heterocycles. The highest BCUT2D eigenvalue weighted by molar-refractivity contribution is 6.55. The van der Waals surface area contributed by atoms with E-state index in [1.165, 1.54) is 14.2 Å². The number of carbonyl (C=O) groups excluding carboxylic acids is 2. The molecule has 4 nitrogen and oxygen atoms in total. The van der Waals surface area contributed by atoms with E-state index in [-0.39, 0.29) is 22.1 Å². The molecule has 1 aromatic carbocycles. The van der Waals surface area contributed by atoms with E-state index >= 15 is 0 Å².